The molecule has 0 aliphatic heterocycles. The first-order valence-electron chi connectivity index (χ1n) is 5.41. The summed E-state index contributed by atoms with van der Waals surface area (Å²) < 4.78 is 5.28. The highest BCUT2D eigenvalue weighted by molar-refractivity contribution is 7.99. The quantitative estimate of drug-likeness (QED) is 0.918. The van der Waals surface area contributed by atoms with Crippen molar-refractivity contribution in [3.63, 3.8) is 0 Å². The summed E-state index contributed by atoms with van der Waals surface area (Å²) in [4.78, 5) is 13.0. The van der Waals surface area contributed by atoms with Crippen LogP contribution >= 0.6 is 11.8 Å². The van der Waals surface area contributed by atoms with Gasteiger partial charge in [-0.15, -0.1) is 0 Å². The summed E-state index contributed by atoms with van der Waals surface area (Å²) in [6.45, 7) is 0. The summed E-state index contributed by atoms with van der Waals surface area (Å²) >= 11 is 1.58. The second-order valence-corrected chi connectivity index (χ2v) is 4.76. The molecule has 3 nitrogen and oxygen atoms in total. The number of ether oxygens (including phenoxy) is 1. The fourth-order valence-electron chi connectivity index (χ4n) is 1.52. The highest BCUT2D eigenvalue weighted by Crippen LogP contribution is 2.34. The Morgan fingerprint density at radius 2 is 1.78 bits per heavy atom. The number of amides is 1. The number of hydrogen-bond acceptors (Lipinski definition) is 3. The van der Waals surface area contributed by atoms with E-state index in [0.29, 0.717) is 5.56 Å². The van der Waals surface area contributed by atoms with Crippen LogP contribution in [0.5, 0.6) is 5.75 Å². The summed E-state index contributed by atoms with van der Waals surface area (Å²) in [6, 6.07) is 15.0. The molecule has 18 heavy (non-hydrogen) atoms. The fraction of sp³-hybridized carbons (Fsp3) is 0.0714. The van der Waals surface area contributed by atoms with Crippen molar-refractivity contribution in [2.45, 2.75) is 9.79 Å². The van der Waals surface area contributed by atoms with Gasteiger partial charge in [0, 0.05) is 10.5 Å². The number of hydrogen-bond donors (Lipinski definition) is 1. The van der Waals surface area contributed by atoms with Crippen LogP contribution in [0.1, 0.15) is 10.4 Å². The highest BCUT2D eigenvalue weighted by Gasteiger charge is 2.05. The lowest BCUT2D eigenvalue weighted by Gasteiger charge is -2.07. The SMILES string of the molecule is COc1ccccc1Sc1ccc(C(N)=O)cc1. The highest BCUT2D eigenvalue weighted by atomic mass is 32.2. The molecule has 4 heteroatoms. The number of carbonyl (C=O) groups excluding carboxylic acids is 1. The number of carbonyl (C=O) groups is 1. The molecule has 0 unspecified atom stereocenters. The van der Waals surface area contributed by atoms with E-state index in [2.05, 4.69) is 0 Å². The molecule has 2 aromatic carbocycles. The van der Waals surface area contributed by atoms with Crippen LogP contribution in [0.25, 0.3) is 0 Å². The van der Waals surface area contributed by atoms with E-state index in [9.17, 15) is 4.79 Å². The number of rotatable bonds is 4. The molecule has 0 saturated heterocycles. The van der Waals surface area contributed by atoms with Gasteiger partial charge in [-0.1, -0.05) is 23.9 Å². The first kappa shape index (κ1) is 12.5. The maximum Gasteiger partial charge on any atom is 0.248 e. The van der Waals surface area contributed by atoms with Gasteiger partial charge in [-0.2, -0.15) is 0 Å². The molecule has 0 aromatic heterocycles. The van der Waals surface area contributed by atoms with E-state index in [1.165, 1.54) is 0 Å². The number of para-hydroxylation sites is 1. The van der Waals surface area contributed by atoms with Crippen molar-refractivity contribution >= 4 is 17.7 Å². The standard InChI is InChI=1S/C14H13NO2S/c1-17-12-4-2-3-5-13(12)18-11-8-6-10(7-9-11)14(15)16/h2-9H,1H3,(H2,15,16). The van der Waals surface area contributed by atoms with Crippen molar-refractivity contribution < 1.29 is 9.53 Å². The Kier molecular flexibility index (Phi) is 3.89. The molecule has 0 atom stereocenters. The maximum atomic E-state index is 11.0. The minimum atomic E-state index is -0.413. The lowest BCUT2D eigenvalue weighted by molar-refractivity contribution is 0.1000. The summed E-state index contributed by atoms with van der Waals surface area (Å²) in [5, 5.41) is 0. The Hall–Kier alpha value is -1.94. The molecule has 0 aliphatic rings. The summed E-state index contributed by atoms with van der Waals surface area (Å²) in [5.74, 6) is 0.422. The van der Waals surface area contributed by atoms with Crippen LogP contribution in [0.3, 0.4) is 0 Å². The van der Waals surface area contributed by atoms with Crippen LogP contribution in [-0.4, -0.2) is 13.0 Å². The molecular formula is C14H13NO2S. The van der Waals surface area contributed by atoms with Gasteiger partial charge in [-0.3, -0.25) is 4.79 Å². The molecule has 92 valence electrons. The van der Waals surface area contributed by atoms with Gasteiger partial charge in [0.15, 0.2) is 0 Å². The summed E-state index contributed by atoms with van der Waals surface area (Å²) in [6.07, 6.45) is 0. The zero-order valence-electron chi connectivity index (χ0n) is 9.92. The van der Waals surface area contributed by atoms with Crippen LogP contribution in [0.2, 0.25) is 0 Å². The van der Waals surface area contributed by atoms with E-state index in [1.54, 1.807) is 31.0 Å². The number of methoxy groups -OCH3 is 1. The summed E-state index contributed by atoms with van der Waals surface area (Å²) in [7, 11) is 1.65. The molecule has 0 heterocycles. The van der Waals surface area contributed by atoms with Crippen molar-refractivity contribution in [3.05, 3.63) is 54.1 Å². The molecule has 0 aliphatic carbocycles. The first-order valence-corrected chi connectivity index (χ1v) is 6.23. The Labute approximate surface area is 110 Å². The van der Waals surface area contributed by atoms with Crippen molar-refractivity contribution in [1.29, 1.82) is 0 Å². The van der Waals surface area contributed by atoms with Crippen molar-refractivity contribution in [3.8, 4) is 5.75 Å². The van der Waals surface area contributed by atoms with E-state index in [1.807, 2.05) is 36.4 Å². The van der Waals surface area contributed by atoms with Gasteiger partial charge in [0.05, 0.1) is 12.0 Å². The molecular weight excluding hydrogens is 246 g/mol. The van der Waals surface area contributed by atoms with Crippen molar-refractivity contribution in [1.82, 2.24) is 0 Å². The lowest BCUT2D eigenvalue weighted by Crippen LogP contribution is -2.10. The normalized spacial score (nSPS) is 10.1. The molecule has 0 fully saturated rings. The van der Waals surface area contributed by atoms with Gasteiger partial charge in [-0.25, -0.2) is 0 Å². The van der Waals surface area contributed by atoms with Gasteiger partial charge in [0.2, 0.25) is 5.91 Å². The molecule has 2 aromatic rings. The van der Waals surface area contributed by atoms with Crippen molar-refractivity contribution in [2.75, 3.05) is 7.11 Å². The molecule has 0 radical (unpaired) electrons. The monoisotopic (exact) mass is 259 g/mol. The predicted octanol–water partition coefficient (Wildman–Crippen LogP) is 2.95. The number of primary amides is 1. The molecule has 2 rings (SSSR count). The van der Waals surface area contributed by atoms with Crippen LogP contribution in [0, 0.1) is 0 Å². The van der Waals surface area contributed by atoms with Gasteiger partial charge < -0.3 is 10.5 Å². The third-order valence-electron chi connectivity index (χ3n) is 2.44. The average Bonchev–Trinajstić information content (AvgIpc) is 2.40. The second kappa shape index (κ2) is 5.60. The Bertz CT molecular complexity index is 552. The van der Waals surface area contributed by atoms with Gasteiger partial charge in [0.1, 0.15) is 5.75 Å². The third-order valence-corrected chi connectivity index (χ3v) is 3.50. The zero-order valence-corrected chi connectivity index (χ0v) is 10.7. The van der Waals surface area contributed by atoms with E-state index in [-0.39, 0.29) is 0 Å². The smallest absolute Gasteiger partial charge is 0.248 e. The van der Waals surface area contributed by atoms with E-state index in [0.717, 1.165) is 15.5 Å². The maximum absolute atomic E-state index is 11.0. The minimum Gasteiger partial charge on any atom is -0.496 e. The summed E-state index contributed by atoms with van der Waals surface area (Å²) in [5.41, 5.74) is 5.71. The Morgan fingerprint density at radius 1 is 1.11 bits per heavy atom. The Morgan fingerprint density at radius 3 is 2.39 bits per heavy atom. The number of nitrogens with two attached hydrogens (primary N) is 1. The van der Waals surface area contributed by atoms with E-state index < -0.39 is 5.91 Å². The average molecular weight is 259 g/mol. The number of benzene rings is 2. The van der Waals surface area contributed by atoms with Gasteiger partial charge in [-0.05, 0) is 36.4 Å². The van der Waals surface area contributed by atoms with Crippen molar-refractivity contribution in [2.24, 2.45) is 5.73 Å². The van der Waals surface area contributed by atoms with Gasteiger partial charge in [0.25, 0.3) is 0 Å². The molecule has 2 N–H and O–H groups in total. The third kappa shape index (κ3) is 2.84. The lowest BCUT2D eigenvalue weighted by atomic mass is 10.2. The fourth-order valence-corrected chi connectivity index (χ4v) is 2.44. The van der Waals surface area contributed by atoms with Crippen LogP contribution in [-0.2, 0) is 0 Å². The van der Waals surface area contributed by atoms with Gasteiger partial charge >= 0.3 is 0 Å². The van der Waals surface area contributed by atoms with E-state index >= 15 is 0 Å². The van der Waals surface area contributed by atoms with E-state index in [4.69, 9.17) is 10.5 Å². The largest absolute Gasteiger partial charge is 0.496 e. The predicted molar refractivity (Wildman–Crippen MR) is 72.1 cm³/mol. The van der Waals surface area contributed by atoms with Crippen LogP contribution < -0.4 is 10.5 Å². The second-order valence-electron chi connectivity index (χ2n) is 3.64. The van der Waals surface area contributed by atoms with Crippen LogP contribution in [0.4, 0.5) is 0 Å². The molecule has 0 saturated carbocycles. The molecule has 0 bridgehead atoms. The molecule has 1 amide bonds. The Balaban J connectivity index is 2.21. The molecule has 0 spiro atoms. The first-order chi connectivity index (χ1) is 8.70. The topological polar surface area (TPSA) is 52.3 Å². The minimum absolute atomic E-state index is 0.413. The zero-order chi connectivity index (χ0) is 13.0. The van der Waals surface area contributed by atoms with Crippen LogP contribution in [0.15, 0.2) is 58.3 Å².